The monoisotopic (exact) mass is 1190 g/mol. The van der Waals surface area contributed by atoms with Crippen molar-refractivity contribution in [1.29, 1.82) is 0 Å². The summed E-state index contributed by atoms with van der Waals surface area (Å²) in [5, 5.41) is 7.28. The first-order valence-electron chi connectivity index (χ1n) is 32.4. The Labute approximate surface area is 543 Å². The van der Waals surface area contributed by atoms with Gasteiger partial charge < -0.3 is 13.7 Å². The van der Waals surface area contributed by atoms with Crippen molar-refractivity contribution in [1.82, 2.24) is 23.7 Å². The molecule has 7 heterocycles. The minimum Gasteiger partial charge on any atom is -0.310 e. The van der Waals surface area contributed by atoms with Gasteiger partial charge in [-0.15, -0.1) is 0 Å². The summed E-state index contributed by atoms with van der Waals surface area (Å²) in [7, 11) is 0. The second-order valence-electron chi connectivity index (χ2n) is 25.3. The van der Waals surface area contributed by atoms with E-state index in [1.807, 2.05) is 24.8 Å². The van der Waals surface area contributed by atoms with Crippen LogP contribution in [0.4, 0.5) is 0 Å². The van der Waals surface area contributed by atoms with E-state index in [1.165, 1.54) is 138 Å². The molecule has 13 aromatic carbocycles. The maximum atomic E-state index is 4.49. The average Bonchev–Trinajstić information content (AvgIpc) is 1.42. The van der Waals surface area contributed by atoms with Gasteiger partial charge in [0.05, 0.1) is 27.8 Å². The third-order valence-electron chi connectivity index (χ3n) is 20.1. The quantitative estimate of drug-likeness (QED) is 0.135. The first-order valence-corrected chi connectivity index (χ1v) is 32.4. The summed E-state index contributed by atoms with van der Waals surface area (Å²) in [6.07, 6.45) is 7.66. The summed E-state index contributed by atoms with van der Waals surface area (Å²) in [6, 6.07) is 113. The van der Waals surface area contributed by atoms with Crippen LogP contribution in [0, 0.1) is 0 Å². The molecule has 2 aliphatic rings. The van der Waals surface area contributed by atoms with Crippen LogP contribution in [0.15, 0.2) is 328 Å². The van der Waals surface area contributed by atoms with Crippen LogP contribution in [0.2, 0.25) is 0 Å². The van der Waals surface area contributed by atoms with Crippen LogP contribution in [0.1, 0.15) is 0 Å². The van der Waals surface area contributed by atoms with Crippen LogP contribution < -0.4 is 16.4 Å². The normalized spacial score (nSPS) is 12.2. The van der Waals surface area contributed by atoms with Gasteiger partial charge in [0.25, 0.3) is 6.71 Å². The summed E-state index contributed by atoms with van der Waals surface area (Å²) >= 11 is 0. The van der Waals surface area contributed by atoms with Gasteiger partial charge in [-0.2, -0.15) is 0 Å². The Morgan fingerprint density at radius 1 is 0.213 bits per heavy atom. The van der Waals surface area contributed by atoms with Crippen LogP contribution in [0.25, 0.3) is 171 Å². The molecule has 18 aromatic rings. The van der Waals surface area contributed by atoms with E-state index in [9.17, 15) is 0 Å². The molecular weight excluding hydrogens is 1140 g/mol. The zero-order valence-electron chi connectivity index (χ0n) is 51.0. The number of nitrogens with zero attached hydrogens (tertiary/aromatic N) is 5. The largest absolute Gasteiger partial charge is 0.310 e. The number of para-hydroxylation sites is 2. The lowest BCUT2D eigenvalue weighted by Gasteiger charge is -2.35. The molecular formula is C88H54BN5. The van der Waals surface area contributed by atoms with Gasteiger partial charge in [0.1, 0.15) is 0 Å². The molecule has 0 saturated carbocycles. The van der Waals surface area contributed by atoms with E-state index in [4.69, 9.17) is 0 Å². The number of rotatable bonds is 9. The van der Waals surface area contributed by atoms with Gasteiger partial charge in [-0.05, 0) is 215 Å². The van der Waals surface area contributed by atoms with Gasteiger partial charge in [-0.3, -0.25) is 9.97 Å². The van der Waals surface area contributed by atoms with Crippen molar-refractivity contribution in [2.45, 2.75) is 0 Å². The first kappa shape index (κ1) is 52.4. The molecule has 0 unspecified atom stereocenters. The highest BCUT2D eigenvalue weighted by Gasteiger charge is 2.42. The van der Waals surface area contributed by atoms with Crippen molar-refractivity contribution in [2.24, 2.45) is 0 Å². The fraction of sp³-hybridized carbons (Fsp3) is 0. The summed E-state index contributed by atoms with van der Waals surface area (Å²) in [4.78, 5) is 8.97. The van der Waals surface area contributed by atoms with Gasteiger partial charge >= 0.3 is 0 Å². The predicted molar refractivity (Wildman–Crippen MR) is 393 cm³/mol. The van der Waals surface area contributed by atoms with Gasteiger partial charge in [0, 0.05) is 79.5 Å². The summed E-state index contributed by atoms with van der Waals surface area (Å²) in [5.41, 5.74) is 33.0. The fourth-order valence-electron chi connectivity index (χ4n) is 15.9. The topological polar surface area (TPSA) is 40.6 Å². The molecule has 0 radical (unpaired) electrons. The Hall–Kier alpha value is -12.4. The second kappa shape index (κ2) is 20.6. The van der Waals surface area contributed by atoms with Gasteiger partial charge in [0.2, 0.25) is 0 Å². The van der Waals surface area contributed by atoms with Crippen LogP contribution in [0.3, 0.4) is 0 Å². The van der Waals surface area contributed by atoms with Crippen molar-refractivity contribution in [2.75, 3.05) is 0 Å². The lowest BCUT2D eigenvalue weighted by atomic mass is 9.34. The third-order valence-corrected chi connectivity index (χ3v) is 20.1. The SMILES string of the molecule is c1ccc(-c2cc(-c3ccccc3)cc(-c3ccc4c5ccc(-c6cc(-c7ccccc7)cc(-c7ccccc7)c6)cc5n(-c5cc6c7c(c5)-n5c8ccccc8c8cc(-c9ccncc9)cc(c85)B7c5cc(-c7ccncc7)cc7c8ccccc8n-6c57)c4c3)c2)cc1. The van der Waals surface area contributed by atoms with Crippen molar-refractivity contribution >= 4 is 88.5 Å². The molecule has 0 saturated heterocycles. The molecule has 5 nitrogen and oxygen atoms in total. The highest BCUT2D eigenvalue weighted by atomic mass is 15.1. The van der Waals surface area contributed by atoms with Crippen molar-refractivity contribution < 1.29 is 0 Å². The van der Waals surface area contributed by atoms with E-state index in [0.29, 0.717) is 0 Å². The zero-order chi connectivity index (χ0) is 61.5. The molecule has 2 aliphatic heterocycles. The number of fused-ring (bicyclic) bond motifs is 13. The van der Waals surface area contributed by atoms with Gasteiger partial charge in [-0.25, -0.2) is 0 Å². The van der Waals surface area contributed by atoms with Crippen molar-refractivity contribution in [3.05, 3.63) is 328 Å². The van der Waals surface area contributed by atoms with E-state index < -0.39 is 0 Å². The maximum Gasteiger partial charge on any atom is 0.252 e. The molecule has 94 heavy (non-hydrogen) atoms. The van der Waals surface area contributed by atoms with E-state index in [1.54, 1.807) is 0 Å². The zero-order valence-corrected chi connectivity index (χ0v) is 51.0. The van der Waals surface area contributed by atoms with Crippen LogP contribution in [-0.2, 0) is 0 Å². The maximum absolute atomic E-state index is 4.49. The number of aromatic nitrogens is 5. The fourth-order valence-corrected chi connectivity index (χ4v) is 15.9. The van der Waals surface area contributed by atoms with Crippen molar-refractivity contribution in [3.63, 3.8) is 0 Å². The van der Waals surface area contributed by atoms with Crippen LogP contribution in [0.5, 0.6) is 0 Å². The molecule has 0 bridgehead atoms. The summed E-state index contributed by atoms with van der Waals surface area (Å²) < 4.78 is 7.82. The Morgan fingerprint density at radius 2 is 0.532 bits per heavy atom. The molecule has 6 heteroatoms. The number of hydrogen-bond donors (Lipinski definition) is 0. The molecule has 20 rings (SSSR count). The molecule has 5 aromatic heterocycles. The standard InChI is InChI=1S/C88H54BN5/c1-5-17-55(18-6-1)63-41-64(56-19-7-2-8-20-56)44-67(43-63)61-29-31-74-75-32-30-62(68-45-65(57-21-9-3-10-22-57)42-66(46-68)58-23-11-4-12-24-58)52-83(75)92(82(74)51-61)71-53-84-86-85(54-71)94-81-28-16-14-26-73(81)77-48-70(60-35-39-91-40-36-60)50-79(88(77)94)89(86)78-49-69(59-33-37-90-38-34-59)47-76-72-25-13-15-27-80(72)93(84)87(76)78/h1-54H. The van der Waals surface area contributed by atoms with E-state index in [2.05, 4.69) is 327 Å². The van der Waals surface area contributed by atoms with E-state index in [-0.39, 0.29) is 6.71 Å². The minimum absolute atomic E-state index is 0.135. The van der Waals surface area contributed by atoms with E-state index >= 15 is 0 Å². The smallest absolute Gasteiger partial charge is 0.252 e. The Morgan fingerprint density at radius 3 is 0.915 bits per heavy atom. The third kappa shape index (κ3) is 8.03. The second-order valence-corrected chi connectivity index (χ2v) is 25.3. The Balaban J connectivity index is 0.915. The summed E-state index contributed by atoms with van der Waals surface area (Å²) in [6.45, 7) is -0.135. The average molecular weight is 1190 g/mol. The number of benzene rings is 13. The molecule has 0 spiro atoms. The molecule has 0 amide bonds. The van der Waals surface area contributed by atoms with Crippen molar-refractivity contribution in [3.8, 4) is 106 Å². The predicted octanol–water partition coefficient (Wildman–Crippen LogP) is 20.2. The van der Waals surface area contributed by atoms with Crippen LogP contribution in [-0.4, -0.2) is 30.4 Å². The molecule has 0 atom stereocenters. The number of hydrogen-bond acceptors (Lipinski definition) is 2. The summed E-state index contributed by atoms with van der Waals surface area (Å²) in [5.74, 6) is 0. The van der Waals surface area contributed by atoms with Gasteiger partial charge in [-0.1, -0.05) is 194 Å². The lowest BCUT2D eigenvalue weighted by Crippen LogP contribution is -2.59. The molecule has 0 aliphatic carbocycles. The Bertz CT molecular complexity index is 5650. The van der Waals surface area contributed by atoms with Gasteiger partial charge in [0.15, 0.2) is 0 Å². The molecule has 0 N–H and O–H groups in total. The minimum atomic E-state index is -0.135. The Kier molecular flexibility index (Phi) is 11.5. The highest BCUT2D eigenvalue weighted by Crippen LogP contribution is 2.46. The lowest BCUT2D eigenvalue weighted by molar-refractivity contribution is 1.10. The molecule has 0 fully saturated rings. The number of pyridine rings is 2. The molecule has 434 valence electrons. The first-order chi connectivity index (χ1) is 46.6. The highest BCUT2D eigenvalue weighted by molar-refractivity contribution is 7.00. The van der Waals surface area contributed by atoms with Crippen LogP contribution >= 0.6 is 0 Å². The van der Waals surface area contributed by atoms with E-state index in [0.717, 1.165) is 50.1 Å².